The maximum Gasteiger partial charge on any atom is 0.408 e. The molecule has 0 spiro atoms. The molecule has 36 heavy (non-hydrogen) atoms. The minimum atomic E-state index is -0.796. The number of nitrogens with zero attached hydrogens (tertiary/aromatic N) is 1. The van der Waals surface area contributed by atoms with Crippen LogP contribution in [-0.2, 0) is 14.3 Å². The number of carbonyl (C=O) groups excluding carboxylic acids is 3. The second kappa shape index (κ2) is 13.1. The van der Waals surface area contributed by atoms with Gasteiger partial charge in [0.05, 0.1) is 0 Å². The highest BCUT2D eigenvalue weighted by Crippen LogP contribution is 2.28. The van der Waals surface area contributed by atoms with Gasteiger partial charge in [-0.05, 0) is 77.8 Å². The van der Waals surface area contributed by atoms with Gasteiger partial charge in [-0.1, -0.05) is 56.9 Å². The monoisotopic (exact) mass is 501 g/mol. The predicted octanol–water partition coefficient (Wildman–Crippen LogP) is 5.58. The van der Waals surface area contributed by atoms with Crippen molar-refractivity contribution >= 4 is 17.9 Å². The summed E-state index contributed by atoms with van der Waals surface area (Å²) in [6.45, 7) is 15.5. The van der Waals surface area contributed by atoms with E-state index >= 15 is 0 Å². The predicted molar refractivity (Wildman–Crippen MR) is 144 cm³/mol. The minimum Gasteiger partial charge on any atom is -0.444 e. The van der Waals surface area contributed by atoms with E-state index < -0.39 is 23.8 Å². The highest BCUT2D eigenvalue weighted by Gasteiger charge is 2.37. The molecule has 0 aliphatic heterocycles. The van der Waals surface area contributed by atoms with Crippen molar-refractivity contribution in [3.05, 3.63) is 34.9 Å². The lowest BCUT2D eigenvalue weighted by Gasteiger charge is -2.36. The van der Waals surface area contributed by atoms with E-state index in [1.165, 1.54) is 6.42 Å². The van der Waals surface area contributed by atoms with E-state index in [2.05, 4.69) is 10.6 Å². The number of aryl methyl sites for hydroxylation is 2. The lowest BCUT2D eigenvalue weighted by Crippen LogP contribution is -2.54. The Balaban J connectivity index is 2.43. The maximum absolute atomic E-state index is 14.0. The molecule has 1 aliphatic rings. The molecule has 1 fully saturated rings. The van der Waals surface area contributed by atoms with E-state index in [1.807, 2.05) is 52.8 Å². The largest absolute Gasteiger partial charge is 0.444 e. The average Bonchev–Trinajstić information content (AvgIpc) is 2.77. The van der Waals surface area contributed by atoms with Gasteiger partial charge in [0.15, 0.2) is 0 Å². The Kier molecular flexibility index (Phi) is 10.8. The first-order chi connectivity index (χ1) is 16.8. The third kappa shape index (κ3) is 8.82. The Morgan fingerprint density at radius 3 is 2.28 bits per heavy atom. The topological polar surface area (TPSA) is 87.7 Å². The zero-order valence-electron chi connectivity index (χ0n) is 23.6. The number of ether oxygens (including phenoxy) is 1. The Morgan fingerprint density at radius 1 is 1.08 bits per heavy atom. The fourth-order valence-corrected chi connectivity index (χ4v) is 4.84. The van der Waals surface area contributed by atoms with Crippen LogP contribution in [0.25, 0.3) is 0 Å². The summed E-state index contributed by atoms with van der Waals surface area (Å²) in [5.74, 6) is -0.282. The minimum absolute atomic E-state index is 0.124. The van der Waals surface area contributed by atoms with Crippen LogP contribution in [0.3, 0.4) is 0 Å². The standard InChI is InChI=1S/C29H47N3O4/c1-9-32(27(34)24(17-19(2)3)31-28(35)36-29(6,7)8)25(23-18-20(4)15-16-21(23)5)26(33)30-22-13-11-10-12-14-22/h15-16,18-19,22,24-25H,9-14,17H2,1-8H3,(H,30,33)(H,31,35). The quantitative estimate of drug-likeness (QED) is 0.462. The van der Waals surface area contributed by atoms with E-state index in [-0.39, 0.29) is 23.8 Å². The van der Waals surface area contributed by atoms with Crippen LogP contribution in [-0.4, -0.2) is 47.0 Å². The summed E-state index contributed by atoms with van der Waals surface area (Å²) in [7, 11) is 0. The lowest BCUT2D eigenvalue weighted by molar-refractivity contribution is -0.143. The number of likely N-dealkylation sites (N-methyl/N-ethyl adjacent to an activating group) is 1. The molecule has 0 radical (unpaired) electrons. The summed E-state index contributed by atoms with van der Waals surface area (Å²) in [5.41, 5.74) is 2.12. The van der Waals surface area contributed by atoms with Crippen LogP contribution < -0.4 is 10.6 Å². The SMILES string of the molecule is CCN(C(=O)C(CC(C)C)NC(=O)OC(C)(C)C)C(C(=O)NC1CCCCC1)c1cc(C)ccc1C. The molecule has 0 saturated heterocycles. The summed E-state index contributed by atoms with van der Waals surface area (Å²) in [5, 5.41) is 6.03. The van der Waals surface area contributed by atoms with Crippen molar-refractivity contribution in [2.75, 3.05) is 6.54 Å². The smallest absolute Gasteiger partial charge is 0.408 e. The lowest BCUT2D eigenvalue weighted by atomic mass is 9.93. The molecule has 1 aromatic carbocycles. The van der Waals surface area contributed by atoms with Crippen molar-refractivity contribution in [1.29, 1.82) is 0 Å². The van der Waals surface area contributed by atoms with E-state index in [9.17, 15) is 14.4 Å². The molecule has 2 N–H and O–H groups in total. The molecule has 202 valence electrons. The number of carbonyl (C=O) groups is 3. The molecule has 2 rings (SSSR count). The first-order valence-corrected chi connectivity index (χ1v) is 13.5. The number of hydrogen-bond donors (Lipinski definition) is 2. The van der Waals surface area contributed by atoms with E-state index in [4.69, 9.17) is 4.74 Å². The van der Waals surface area contributed by atoms with Crippen molar-refractivity contribution in [2.24, 2.45) is 5.92 Å². The Morgan fingerprint density at radius 2 is 1.72 bits per heavy atom. The van der Waals surface area contributed by atoms with E-state index in [1.54, 1.807) is 25.7 Å². The van der Waals surface area contributed by atoms with E-state index in [0.717, 1.165) is 42.4 Å². The first kappa shape index (κ1) is 29.7. The van der Waals surface area contributed by atoms with Gasteiger partial charge in [0, 0.05) is 12.6 Å². The van der Waals surface area contributed by atoms with Gasteiger partial charge in [-0.15, -0.1) is 0 Å². The van der Waals surface area contributed by atoms with Crippen molar-refractivity contribution in [2.45, 2.75) is 118 Å². The summed E-state index contributed by atoms with van der Waals surface area (Å²) < 4.78 is 5.44. The summed E-state index contributed by atoms with van der Waals surface area (Å²) in [4.78, 5) is 42.0. The van der Waals surface area contributed by atoms with Gasteiger partial charge in [0.25, 0.3) is 0 Å². The number of hydrogen-bond acceptors (Lipinski definition) is 4. The molecule has 0 heterocycles. The zero-order valence-corrected chi connectivity index (χ0v) is 23.6. The van der Waals surface area contributed by atoms with Gasteiger partial charge in [0.1, 0.15) is 17.7 Å². The van der Waals surface area contributed by atoms with Gasteiger partial charge in [-0.2, -0.15) is 0 Å². The van der Waals surface area contributed by atoms with Crippen LogP contribution >= 0.6 is 0 Å². The zero-order chi connectivity index (χ0) is 27.0. The second-order valence-electron chi connectivity index (χ2n) is 11.6. The highest BCUT2D eigenvalue weighted by atomic mass is 16.6. The fourth-order valence-electron chi connectivity index (χ4n) is 4.84. The molecule has 3 amide bonds. The summed E-state index contributed by atoms with van der Waals surface area (Å²) >= 11 is 0. The molecule has 7 nitrogen and oxygen atoms in total. The Bertz CT molecular complexity index is 900. The molecule has 2 unspecified atom stereocenters. The molecule has 1 aromatic rings. The van der Waals surface area contributed by atoms with Crippen LogP contribution in [0.2, 0.25) is 0 Å². The molecular weight excluding hydrogens is 454 g/mol. The molecule has 0 bridgehead atoms. The summed E-state index contributed by atoms with van der Waals surface area (Å²) in [6.07, 6.45) is 5.13. The van der Waals surface area contributed by atoms with Gasteiger partial charge in [-0.3, -0.25) is 9.59 Å². The molecule has 1 saturated carbocycles. The van der Waals surface area contributed by atoms with Crippen molar-refractivity contribution in [3.8, 4) is 0 Å². The third-order valence-corrected chi connectivity index (χ3v) is 6.56. The van der Waals surface area contributed by atoms with Crippen LogP contribution in [0.1, 0.15) is 103 Å². The molecule has 1 aliphatic carbocycles. The average molecular weight is 502 g/mol. The van der Waals surface area contributed by atoms with Gasteiger partial charge in [0.2, 0.25) is 11.8 Å². The normalized spacial score (nSPS) is 16.2. The molecule has 2 atom stereocenters. The second-order valence-corrected chi connectivity index (χ2v) is 11.6. The molecular formula is C29H47N3O4. The number of rotatable bonds is 9. The van der Waals surface area contributed by atoms with Crippen LogP contribution in [0.15, 0.2) is 18.2 Å². The third-order valence-electron chi connectivity index (χ3n) is 6.56. The fraction of sp³-hybridized carbons (Fsp3) is 0.690. The van der Waals surface area contributed by atoms with Crippen LogP contribution in [0.4, 0.5) is 4.79 Å². The first-order valence-electron chi connectivity index (χ1n) is 13.5. The van der Waals surface area contributed by atoms with Crippen molar-refractivity contribution in [1.82, 2.24) is 15.5 Å². The number of benzene rings is 1. The van der Waals surface area contributed by atoms with Crippen LogP contribution in [0, 0.1) is 19.8 Å². The van der Waals surface area contributed by atoms with Gasteiger partial charge in [-0.25, -0.2) is 4.79 Å². The maximum atomic E-state index is 14.0. The summed E-state index contributed by atoms with van der Waals surface area (Å²) in [6, 6.07) is 4.55. The van der Waals surface area contributed by atoms with Crippen molar-refractivity contribution in [3.63, 3.8) is 0 Å². The molecule has 7 heteroatoms. The van der Waals surface area contributed by atoms with Gasteiger partial charge >= 0.3 is 6.09 Å². The Hall–Kier alpha value is -2.57. The number of alkyl carbamates (subject to hydrolysis) is 1. The number of amides is 3. The Labute approximate surface area is 217 Å². The highest BCUT2D eigenvalue weighted by molar-refractivity contribution is 5.92. The number of nitrogens with one attached hydrogen (secondary N) is 2. The van der Waals surface area contributed by atoms with Crippen LogP contribution in [0.5, 0.6) is 0 Å². The molecule has 0 aromatic heterocycles. The van der Waals surface area contributed by atoms with Crippen molar-refractivity contribution < 1.29 is 19.1 Å². The van der Waals surface area contributed by atoms with E-state index in [0.29, 0.717) is 13.0 Å². The van der Waals surface area contributed by atoms with Gasteiger partial charge < -0.3 is 20.3 Å².